The highest BCUT2D eigenvalue weighted by molar-refractivity contribution is 6.04. The van der Waals surface area contributed by atoms with Crippen molar-refractivity contribution in [3.8, 4) is 0 Å². The third-order valence-corrected chi connectivity index (χ3v) is 3.58. The van der Waals surface area contributed by atoms with Gasteiger partial charge >= 0.3 is 0 Å². The van der Waals surface area contributed by atoms with Crippen molar-refractivity contribution < 1.29 is 9.18 Å². The maximum Gasteiger partial charge on any atom is 0.255 e. The number of hydrogen-bond acceptors (Lipinski definition) is 3. The summed E-state index contributed by atoms with van der Waals surface area (Å²) < 4.78 is 13.2. The number of anilines is 3. The molecule has 0 saturated heterocycles. The predicted octanol–water partition coefficient (Wildman–Crippen LogP) is 4.24. The third kappa shape index (κ3) is 3.57. The average Bonchev–Trinajstić information content (AvgIpc) is 2.62. The van der Waals surface area contributed by atoms with Gasteiger partial charge in [0.05, 0.1) is 11.9 Å². The molecule has 0 unspecified atom stereocenters. The van der Waals surface area contributed by atoms with Crippen molar-refractivity contribution in [3.63, 3.8) is 0 Å². The summed E-state index contributed by atoms with van der Waals surface area (Å²) >= 11 is 0. The first-order chi connectivity index (χ1) is 11.6. The Hall–Kier alpha value is -3.21. The molecule has 1 amide bonds. The fourth-order valence-electron chi connectivity index (χ4n) is 2.28. The minimum atomic E-state index is -0.444. The minimum absolute atomic E-state index is 0.264. The second-order valence-electron chi connectivity index (χ2n) is 5.26. The number of benzene rings is 2. The van der Waals surface area contributed by atoms with Gasteiger partial charge in [-0.15, -0.1) is 0 Å². The molecule has 5 heteroatoms. The van der Waals surface area contributed by atoms with Crippen molar-refractivity contribution in [2.45, 2.75) is 0 Å². The first-order valence-electron chi connectivity index (χ1n) is 7.45. The van der Waals surface area contributed by atoms with Crippen molar-refractivity contribution in [1.29, 1.82) is 0 Å². The summed E-state index contributed by atoms with van der Waals surface area (Å²) in [6.07, 6.45) is 1.58. The minimum Gasteiger partial charge on any atom is -0.329 e. The Morgan fingerprint density at radius 2 is 1.83 bits per heavy atom. The lowest BCUT2D eigenvalue weighted by molar-refractivity contribution is 0.102. The molecule has 120 valence electrons. The Morgan fingerprint density at radius 1 is 1.04 bits per heavy atom. The highest BCUT2D eigenvalue weighted by Gasteiger charge is 2.09. The van der Waals surface area contributed by atoms with E-state index in [-0.39, 0.29) is 11.5 Å². The van der Waals surface area contributed by atoms with E-state index in [0.29, 0.717) is 5.69 Å². The number of carbonyl (C=O) groups is 1. The smallest absolute Gasteiger partial charge is 0.255 e. The van der Waals surface area contributed by atoms with Gasteiger partial charge in [0, 0.05) is 18.3 Å². The van der Waals surface area contributed by atoms with Crippen molar-refractivity contribution in [2.75, 3.05) is 17.3 Å². The largest absolute Gasteiger partial charge is 0.329 e. The maximum absolute atomic E-state index is 13.2. The summed E-state index contributed by atoms with van der Waals surface area (Å²) in [6, 6.07) is 19.0. The quantitative estimate of drug-likeness (QED) is 0.782. The van der Waals surface area contributed by atoms with Crippen LogP contribution in [0.5, 0.6) is 0 Å². The number of amides is 1. The van der Waals surface area contributed by atoms with Gasteiger partial charge in [-0.1, -0.05) is 24.3 Å². The number of para-hydroxylation sites is 1. The topological polar surface area (TPSA) is 45.2 Å². The summed E-state index contributed by atoms with van der Waals surface area (Å²) in [4.78, 5) is 18.4. The van der Waals surface area contributed by atoms with Crippen LogP contribution in [0.1, 0.15) is 10.4 Å². The zero-order chi connectivity index (χ0) is 16.9. The van der Waals surface area contributed by atoms with E-state index >= 15 is 0 Å². The maximum atomic E-state index is 13.2. The zero-order valence-electron chi connectivity index (χ0n) is 13.1. The lowest BCUT2D eigenvalue weighted by atomic mass is 10.2. The van der Waals surface area contributed by atoms with Gasteiger partial charge in [0.2, 0.25) is 0 Å². The monoisotopic (exact) mass is 321 g/mol. The number of nitrogens with one attached hydrogen (secondary N) is 1. The van der Waals surface area contributed by atoms with E-state index in [1.54, 1.807) is 18.3 Å². The molecule has 1 heterocycles. The molecule has 3 aromatic rings. The molecule has 2 aromatic carbocycles. The number of pyridine rings is 1. The van der Waals surface area contributed by atoms with Gasteiger partial charge in [-0.3, -0.25) is 4.79 Å². The number of nitrogens with zero attached hydrogens (tertiary/aromatic N) is 2. The summed E-state index contributed by atoms with van der Waals surface area (Å²) in [5.74, 6) is -0.0639. The summed E-state index contributed by atoms with van der Waals surface area (Å²) in [6.45, 7) is 0. The van der Waals surface area contributed by atoms with E-state index in [1.165, 1.54) is 18.2 Å². The average molecular weight is 321 g/mol. The van der Waals surface area contributed by atoms with Crippen molar-refractivity contribution >= 4 is 23.1 Å². The number of halogens is 1. The molecule has 0 atom stereocenters. The van der Waals surface area contributed by atoms with Crippen molar-refractivity contribution in [3.05, 3.63) is 84.3 Å². The Morgan fingerprint density at radius 3 is 2.50 bits per heavy atom. The third-order valence-electron chi connectivity index (χ3n) is 3.58. The van der Waals surface area contributed by atoms with Crippen LogP contribution < -0.4 is 10.2 Å². The molecule has 0 radical (unpaired) electrons. The molecule has 0 fully saturated rings. The fraction of sp³-hybridized carbons (Fsp3) is 0.0526. The molecule has 0 saturated carbocycles. The predicted molar refractivity (Wildman–Crippen MR) is 93.1 cm³/mol. The van der Waals surface area contributed by atoms with Gasteiger partial charge in [0.25, 0.3) is 5.91 Å². The van der Waals surface area contributed by atoms with E-state index in [4.69, 9.17) is 0 Å². The molecule has 3 rings (SSSR count). The van der Waals surface area contributed by atoms with Gasteiger partial charge in [-0.05, 0) is 42.5 Å². The van der Waals surface area contributed by atoms with Crippen molar-refractivity contribution in [2.24, 2.45) is 0 Å². The molecule has 4 nitrogen and oxygen atoms in total. The van der Waals surface area contributed by atoms with Crippen LogP contribution in [0.3, 0.4) is 0 Å². The van der Waals surface area contributed by atoms with Gasteiger partial charge in [-0.2, -0.15) is 0 Å². The van der Waals surface area contributed by atoms with E-state index in [1.807, 2.05) is 48.3 Å². The molecule has 24 heavy (non-hydrogen) atoms. The first-order valence-corrected chi connectivity index (χ1v) is 7.45. The van der Waals surface area contributed by atoms with Crippen LogP contribution in [0.4, 0.5) is 21.6 Å². The molecule has 1 aromatic heterocycles. The highest BCUT2D eigenvalue weighted by Crippen LogP contribution is 2.22. The molecular weight excluding hydrogens is 305 g/mol. The van der Waals surface area contributed by atoms with E-state index in [2.05, 4.69) is 10.3 Å². The molecule has 0 aliphatic carbocycles. The van der Waals surface area contributed by atoms with E-state index in [0.717, 1.165) is 11.5 Å². The number of aromatic nitrogens is 1. The van der Waals surface area contributed by atoms with E-state index < -0.39 is 5.82 Å². The SMILES string of the molecule is CN(c1ccccc1)c1ccc(NC(=O)c2cccc(F)c2)cn1. The normalized spacial score (nSPS) is 10.2. The summed E-state index contributed by atoms with van der Waals surface area (Å²) in [5, 5.41) is 2.70. The molecule has 0 aliphatic rings. The Bertz CT molecular complexity index is 835. The van der Waals surface area contributed by atoms with Crippen LogP contribution in [0, 0.1) is 5.82 Å². The van der Waals surface area contributed by atoms with Gasteiger partial charge in [0.15, 0.2) is 0 Å². The number of hydrogen-bond donors (Lipinski definition) is 1. The number of carbonyl (C=O) groups excluding carboxylic acids is 1. The van der Waals surface area contributed by atoms with Crippen LogP contribution in [-0.2, 0) is 0 Å². The van der Waals surface area contributed by atoms with Crippen LogP contribution in [0.15, 0.2) is 72.9 Å². The fourth-order valence-corrected chi connectivity index (χ4v) is 2.28. The van der Waals surface area contributed by atoms with Crippen molar-refractivity contribution in [1.82, 2.24) is 4.98 Å². The molecule has 0 bridgehead atoms. The second kappa shape index (κ2) is 6.91. The van der Waals surface area contributed by atoms with Crippen LogP contribution in [-0.4, -0.2) is 17.9 Å². The van der Waals surface area contributed by atoms with Gasteiger partial charge in [-0.25, -0.2) is 9.37 Å². The number of rotatable bonds is 4. The van der Waals surface area contributed by atoms with Crippen LogP contribution in [0.25, 0.3) is 0 Å². The Labute approximate surface area is 139 Å². The lowest BCUT2D eigenvalue weighted by Gasteiger charge is -2.18. The Kier molecular flexibility index (Phi) is 4.52. The molecule has 1 N–H and O–H groups in total. The lowest BCUT2D eigenvalue weighted by Crippen LogP contribution is -2.14. The van der Waals surface area contributed by atoms with Gasteiger partial charge < -0.3 is 10.2 Å². The van der Waals surface area contributed by atoms with Gasteiger partial charge in [0.1, 0.15) is 11.6 Å². The molecular formula is C19H16FN3O. The summed E-state index contributed by atoms with van der Waals surface area (Å²) in [5.41, 5.74) is 1.83. The Balaban J connectivity index is 1.72. The summed E-state index contributed by atoms with van der Waals surface area (Å²) in [7, 11) is 1.92. The standard InChI is InChI=1S/C19H16FN3O/c1-23(17-8-3-2-4-9-17)18-11-10-16(13-21-18)22-19(24)14-6-5-7-15(20)12-14/h2-13H,1H3,(H,22,24). The first kappa shape index (κ1) is 15.7. The zero-order valence-corrected chi connectivity index (χ0v) is 13.1. The van der Waals surface area contributed by atoms with Crippen LogP contribution >= 0.6 is 0 Å². The van der Waals surface area contributed by atoms with Crippen LogP contribution in [0.2, 0.25) is 0 Å². The highest BCUT2D eigenvalue weighted by atomic mass is 19.1. The molecule has 0 spiro atoms. The second-order valence-corrected chi connectivity index (χ2v) is 5.26. The van der Waals surface area contributed by atoms with E-state index in [9.17, 15) is 9.18 Å². The molecule has 0 aliphatic heterocycles.